The Labute approximate surface area is 173 Å². The minimum absolute atomic E-state index is 0. The van der Waals surface area contributed by atoms with E-state index in [9.17, 15) is 0 Å². The highest BCUT2D eigenvalue weighted by Crippen LogP contribution is 2.18. The Morgan fingerprint density at radius 3 is 3.00 bits per heavy atom. The van der Waals surface area contributed by atoms with E-state index in [2.05, 4.69) is 46.2 Å². The molecule has 0 spiro atoms. The number of guanidine groups is 1. The Hall–Kier alpha value is -0.380. The van der Waals surface area contributed by atoms with E-state index >= 15 is 0 Å². The van der Waals surface area contributed by atoms with Gasteiger partial charge in [0.1, 0.15) is 0 Å². The van der Waals surface area contributed by atoms with Gasteiger partial charge in [-0.05, 0) is 48.7 Å². The fourth-order valence-corrected chi connectivity index (χ4v) is 3.86. The Morgan fingerprint density at radius 2 is 2.32 bits per heavy atom. The van der Waals surface area contributed by atoms with Crippen molar-refractivity contribution in [2.24, 2.45) is 4.99 Å². The molecule has 7 heteroatoms. The summed E-state index contributed by atoms with van der Waals surface area (Å²) in [5.41, 5.74) is 1.38. The van der Waals surface area contributed by atoms with E-state index in [0.29, 0.717) is 12.0 Å². The number of rotatable bonds is 9. The van der Waals surface area contributed by atoms with E-state index in [1.807, 2.05) is 0 Å². The molecule has 1 aliphatic rings. The topological polar surface area (TPSA) is 48.9 Å². The van der Waals surface area contributed by atoms with Crippen LogP contribution in [0.5, 0.6) is 0 Å². The van der Waals surface area contributed by atoms with Gasteiger partial charge in [0, 0.05) is 45.2 Å². The highest BCUT2D eigenvalue weighted by atomic mass is 127. The van der Waals surface area contributed by atoms with Crippen LogP contribution in [0.4, 0.5) is 0 Å². The highest BCUT2D eigenvalue weighted by molar-refractivity contribution is 14.0. The fourth-order valence-electron chi connectivity index (χ4n) is 3.07. The smallest absolute Gasteiger partial charge is 0.191 e. The van der Waals surface area contributed by atoms with Crippen molar-refractivity contribution in [3.05, 3.63) is 22.4 Å². The van der Waals surface area contributed by atoms with E-state index in [4.69, 9.17) is 9.73 Å². The third kappa shape index (κ3) is 7.80. The number of aliphatic imine (C=N–C) groups is 1. The molecule has 1 aliphatic heterocycles. The molecular weight excluding hydrogens is 447 g/mol. The lowest BCUT2D eigenvalue weighted by Crippen LogP contribution is -2.45. The van der Waals surface area contributed by atoms with Crippen LogP contribution >= 0.6 is 35.3 Å². The first-order valence-electron chi connectivity index (χ1n) is 9.01. The molecule has 1 fully saturated rings. The van der Waals surface area contributed by atoms with Crippen molar-refractivity contribution in [3.8, 4) is 0 Å². The number of nitrogens with zero attached hydrogens (tertiary/aromatic N) is 2. The van der Waals surface area contributed by atoms with Gasteiger partial charge in [0.25, 0.3) is 0 Å². The normalized spacial score (nSPS) is 19.5. The monoisotopic (exact) mass is 480 g/mol. The average Bonchev–Trinajstić information content (AvgIpc) is 3.26. The summed E-state index contributed by atoms with van der Waals surface area (Å²) in [7, 11) is 1.77. The Kier molecular flexibility index (Phi) is 11.7. The molecule has 0 radical (unpaired) electrons. The van der Waals surface area contributed by atoms with Gasteiger partial charge < -0.3 is 15.4 Å². The molecule has 1 aromatic heterocycles. The van der Waals surface area contributed by atoms with Crippen LogP contribution in [0.2, 0.25) is 0 Å². The maximum absolute atomic E-state index is 5.22. The SMILES string of the molecule is CCNC(=NCC(C)c1ccsc1)NCC1CCCN1CCOC.I. The van der Waals surface area contributed by atoms with Crippen LogP contribution in [0, 0.1) is 0 Å². The number of hydrogen-bond donors (Lipinski definition) is 2. The van der Waals surface area contributed by atoms with E-state index in [1.54, 1.807) is 18.4 Å². The maximum Gasteiger partial charge on any atom is 0.191 e. The van der Waals surface area contributed by atoms with Crippen LogP contribution in [0.3, 0.4) is 0 Å². The third-order valence-corrected chi connectivity index (χ3v) is 5.27. The second kappa shape index (κ2) is 12.9. The molecule has 0 aromatic carbocycles. The molecule has 0 bridgehead atoms. The summed E-state index contributed by atoms with van der Waals surface area (Å²) in [4.78, 5) is 7.30. The number of thiophene rings is 1. The van der Waals surface area contributed by atoms with Crippen molar-refractivity contribution in [2.45, 2.75) is 38.6 Å². The van der Waals surface area contributed by atoms with Crippen molar-refractivity contribution in [1.82, 2.24) is 15.5 Å². The van der Waals surface area contributed by atoms with Crippen LogP contribution < -0.4 is 10.6 Å². The molecular formula is C18H33IN4OS. The number of halogens is 1. The molecule has 0 saturated carbocycles. The van der Waals surface area contributed by atoms with Gasteiger partial charge in [-0.1, -0.05) is 6.92 Å². The van der Waals surface area contributed by atoms with Crippen molar-refractivity contribution < 1.29 is 4.74 Å². The minimum Gasteiger partial charge on any atom is -0.383 e. The van der Waals surface area contributed by atoms with Crippen LogP contribution in [0.1, 0.15) is 38.2 Å². The largest absolute Gasteiger partial charge is 0.383 e. The van der Waals surface area contributed by atoms with Crippen molar-refractivity contribution in [1.29, 1.82) is 0 Å². The van der Waals surface area contributed by atoms with Crippen LogP contribution in [-0.4, -0.2) is 63.3 Å². The number of ether oxygens (including phenoxy) is 1. The summed E-state index contributed by atoms with van der Waals surface area (Å²) in [5, 5.41) is 11.2. The number of hydrogen-bond acceptors (Lipinski definition) is 4. The number of nitrogens with one attached hydrogen (secondary N) is 2. The second-order valence-corrected chi connectivity index (χ2v) is 7.16. The van der Waals surface area contributed by atoms with Crippen molar-refractivity contribution in [2.75, 3.05) is 46.4 Å². The van der Waals surface area contributed by atoms with Crippen LogP contribution in [0.25, 0.3) is 0 Å². The second-order valence-electron chi connectivity index (χ2n) is 6.38. The van der Waals surface area contributed by atoms with Gasteiger partial charge in [0.15, 0.2) is 5.96 Å². The van der Waals surface area contributed by atoms with Gasteiger partial charge >= 0.3 is 0 Å². The molecule has 5 nitrogen and oxygen atoms in total. The molecule has 2 rings (SSSR count). The summed E-state index contributed by atoms with van der Waals surface area (Å²) in [6.07, 6.45) is 2.53. The Balaban J connectivity index is 0.00000312. The molecule has 0 aliphatic carbocycles. The van der Waals surface area contributed by atoms with Crippen LogP contribution in [0.15, 0.2) is 21.8 Å². The predicted molar refractivity (Wildman–Crippen MR) is 119 cm³/mol. The lowest BCUT2D eigenvalue weighted by Gasteiger charge is -2.25. The first-order valence-corrected chi connectivity index (χ1v) is 9.96. The predicted octanol–water partition coefficient (Wildman–Crippen LogP) is 3.14. The molecule has 144 valence electrons. The Morgan fingerprint density at radius 1 is 1.48 bits per heavy atom. The summed E-state index contributed by atoms with van der Waals surface area (Å²) in [6.45, 7) is 9.99. The molecule has 2 N–H and O–H groups in total. The molecule has 1 aromatic rings. The fraction of sp³-hybridized carbons (Fsp3) is 0.722. The van der Waals surface area contributed by atoms with E-state index in [-0.39, 0.29) is 24.0 Å². The van der Waals surface area contributed by atoms with Crippen LogP contribution in [-0.2, 0) is 4.74 Å². The summed E-state index contributed by atoms with van der Waals surface area (Å²) in [6, 6.07) is 2.77. The Bertz CT molecular complexity index is 483. The quantitative estimate of drug-likeness (QED) is 0.324. The standard InChI is InChI=1S/C18H32N4OS.HI/c1-4-19-18(20-12-15(2)16-7-11-24-14-16)21-13-17-6-5-8-22(17)9-10-23-3;/h7,11,14-15,17H,4-6,8-10,12-13H2,1-3H3,(H2,19,20,21);1H. The average molecular weight is 480 g/mol. The number of methoxy groups -OCH3 is 1. The van der Waals surface area contributed by atoms with E-state index in [0.717, 1.165) is 38.7 Å². The van der Waals surface area contributed by atoms with Gasteiger partial charge in [0.05, 0.1) is 6.61 Å². The molecule has 1 saturated heterocycles. The lowest BCUT2D eigenvalue weighted by atomic mass is 10.1. The summed E-state index contributed by atoms with van der Waals surface area (Å²) < 4.78 is 5.22. The molecule has 25 heavy (non-hydrogen) atoms. The summed E-state index contributed by atoms with van der Waals surface area (Å²) >= 11 is 1.75. The zero-order valence-electron chi connectivity index (χ0n) is 15.7. The van der Waals surface area contributed by atoms with Crippen molar-refractivity contribution in [3.63, 3.8) is 0 Å². The molecule has 0 amide bonds. The highest BCUT2D eigenvalue weighted by Gasteiger charge is 2.23. The van der Waals surface area contributed by atoms with Gasteiger partial charge in [-0.3, -0.25) is 9.89 Å². The lowest BCUT2D eigenvalue weighted by molar-refractivity contribution is 0.141. The summed E-state index contributed by atoms with van der Waals surface area (Å²) in [5.74, 6) is 1.38. The first-order chi connectivity index (χ1) is 11.7. The van der Waals surface area contributed by atoms with E-state index in [1.165, 1.54) is 24.9 Å². The van der Waals surface area contributed by atoms with Crippen molar-refractivity contribution >= 4 is 41.3 Å². The van der Waals surface area contributed by atoms with Gasteiger partial charge in [0.2, 0.25) is 0 Å². The first kappa shape index (κ1) is 22.7. The third-order valence-electron chi connectivity index (χ3n) is 4.57. The van der Waals surface area contributed by atoms with E-state index < -0.39 is 0 Å². The maximum atomic E-state index is 5.22. The minimum atomic E-state index is 0. The van der Waals surface area contributed by atoms with Gasteiger partial charge in [-0.25, -0.2) is 0 Å². The molecule has 2 heterocycles. The molecule has 2 unspecified atom stereocenters. The van der Waals surface area contributed by atoms with Gasteiger partial charge in [-0.15, -0.1) is 24.0 Å². The molecule has 2 atom stereocenters. The van der Waals surface area contributed by atoms with Gasteiger partial charge in [-0.2, -0.15) is 11.3 Å². The zero-order valence-corrected chi connectivity index (χ0v) is 18.8. The number of likely N-dealkylation sites (tertiary alicyclic amines) is 1. The zero-order chi connectivity index (χ0) is 17.2.